The summed E-state index contributed by atoms with van der Waals surface area (Å²) in [5.41, 5.74) is -0.308. The molecular formula is C12H20O5S2. The molecule has 0 bridgehead atoms. The van der Waals surface area contributed by atoms with Crippen LogP contribution in [0.5, 0.6) is 0 Å². The van der Waals surface area contributed by atoms with Gasteiger partial charge in [0, 0.05) is 13.2 Å². The lowest BCUT2D eigenvalue weighted by atomic mass is 10.3. The fourth-order valence-electron chi connectivity index (χ4n) is 1.68. The van der Waals surface area contributed by atoms with Crippen LogP contribution in [0.15, 0.2) is 0 Å². The Hall–Kier alpha value is -0.240. The molecule has 5 nitrogen and oxygen atoms in total. The average molecular weight is 308 g/mol. The Kier molecular flexibility index (Phi) is 7.20. The highest BCUT2D eigenvalue weighted by Gasteiger charge is 2.46. The lowest BCUT2D eigenvalue weighted by Gasteiger charge is -2.20. The molecule has 0 spiro atoms. The summed E-state index contributed by atoms with van der Waals surface area (Å²) in [6.45, 7) is 8.63. The van der Waals surface area contributed by atoms with Crippen molar-refractivity contribution in [3.8, 4) is 0 Å². The number of rotatable bonds is 8. The number of hydrogen-bond donors (Lipinski definition) is 0. The normalized spacial score (nSPS) is 26.3. The molecule has 1 rings (SSSR count). The van der Waals surface area contributed by atoms with Crippen LogP contribution in [0.1, 0.15) is 27.7 Å². The van der Waals surface area contributed by atoms with E-state index in [1.807, 2.05) is 27.7 Å². The molecule has 19 heavy (non-hydrogen) atoms. The summed E-state index contributed by atoms with van der Waals surface area (Å²) in [7, 11) is 0. The third-order valence-electron chi connectivity index (χ3n) is 2.42. The Morgan fingerprint density at radius 1 is 1.00 bits per heavy atom. The maximum Gasteiger partial charge on any atom is 0.328 e. The maximum atomic E-state index is 11.7. The summed E-state index contributed by atoms with van der Waals surface area (Å²) in [6.07, 6.45) is 0. The van der Waals surface area contributed by atoms with Crippen molar-refractivity contribution in [2.24, 2.45) is 0 Å². The molecule has 0 aliphatic carbocycles. The quantitative estimate of drug-likeness (QED) is 0.386. The van der Waals surface area contributed by atoms with Gasteiger partial charge in [-0.05, 0) is 27.7 Å². The first-order valence-corrected chi connectivity index (χ1v) is 8.17. The van der Waals surface area contributed by atoms with Crippen molar-refractivity contribution in [3.05, 3.63) is 0 Å². The standard InChI is InChI=1S/C12H20O5S2/c1-5-15-7(3)18-9-10(12(14)17-11(9)13)19-8(4)16-6-2/h7-10H,5-6H2,1-4H3. The number of cyclic esters (lactones) is 2. The average Bonchev–Trinajstić information content (AvgIpc) is 2.57. The van der Waals surface area contributed by atoms with Crippen LogP contribution in [-0.2, 0) is 23.8 Å². The van der Waals surface area contributed by atoms with Crippen molar-refractivity contribution >= 4 is 35.5 Å². The molecule has 4 unspecified atom stereocenters. The van der Waals surface area contributed by atoms with E-state index in [0.29, 0.717) is 13.2 Å². The van der Waals surface area contributed by atoms with Gasteiger partial charge in [-0.2, -0.15) is 0 Å². The zero-order valence-corrected chi connectivity index (χ0v) is 13.2. The second-order valence-corrected chi connectivity index (χ2v) is 6.79. The largest absolute Gasteiger partial charge is 0.391 e. The number of esters is 2. The molecule has 0 aromatic rings. The molecule has 0 saturated carbocycles. The van der Waals surface area contributed by atoms with E-state index in [0.717, 1.165) is 0 Å². The number of hydrogen-bond acceptors (Lipinski definition) is 7. The summed E-state index contributed by atoms with van der Waals surface area (Å²) in [5, 5.41) is -1.05. The molecule has 0 amide bonds. The van der Waals surface area contributed by atoms with Gasteiger partial charge >= 0.3 is 11.9 Å². The molecule has 0 aromatic carbocycles. The molecule has 0 aromatic heterocycles. The van der Waals surface area contributed by atoms with E-state index in [-0.39, 0.29) is 10.9 Å². The van der Waals surface area contributed by atoms with Crippen molar-refractivity contribution < 1.29 is 23.8 Å². The highest BCUT2D eigenvalue weighted by Crippen LogP contribution is 2.36. The molecule has 110 valence electrons. The number of thioether (sulfide) groups is 2. The fraction of sp³-hybridized carbons (Fsp3) is 0.833. The van der Waals surface area contributed by atoms with Crippen molar-refractivity contribution in [2.75, 3.05) is 13.2 Å². The van der Waals surface area contributed by atoms with Crippen LogP contribution >= 0.6 is 23.5 Å². The summed E-state index contributed by atoms with van der Waals surface area (Å²) >= 11 is 2.64. The molecular weight excluding hydrogens is 288 g/mol. The van der Waals surface area contributed by atoms with E-state index in [4.69, 9.17) is 14.2 Å². The van der Waals surface area contributed by atoms with E-state index in [2.05, 4.69) is 0 Å². The van der Waals surface area contributed by atoms with Crippen LogP contribution in [0, 0.1) is 0 Å². The van der Waals surface area contributed by atoms with Crippen LogP contribution in [0.2, 0.25) is 0 Å². The number of carbonyl (C=O) groups excluding carboxylic acids is 2. The third-order valence-corrected chi connectivity index (χ3v) is 5.15. The first kappa shape index (κ1) is 16.8. The minimum Gasteiger partial charge on any atom is -0.391 e. The monoisotopic (exact) mass is 308 g/mol. The Morgan fingerprint density at radius 3 is 1.68 bits per heavy atom. The van der Waals surface area contributed by atoms with Gasteiger partial charge in [0.2, 0.25) is 0 Å². The fourth-order valence-corrected chi connectivity index (χ4v) is 4.14. The molecule has 0 radical (unpaired) electrons. The van der Waals surface area contributed by atoms with E-state index in [1.54, 1.807) is 0 Å². The summed E-state index contributed by atoms with van der Waals surface area (Å²) in [4.78, 5) is 23.4. The van der Waals surface area contributed by atoms with E-state index in [9.17, 15) is 9.59 Å². The minimum atomic E-state index is -0.526. The molecule has 0 N–H and O–H groups in total. The summed E-state index contributed by atoms with van der Waals surface area (Å²) < 4.78 is 15.5. The molecule has 1 aliphatic rings. The van der Waals surface area contributed by atoms with Gasteiger partial charge in [0.25, 0.3) is 0 Å². The van der Waals surface area contributed by atoms with Gasteiger partial charge in [-0.1, -0.05) is 0 Å². The first-order valence-electron chi connectivity index (χ1n) is 6.29. The zero-order chi connectivity index (χ0) is 14.4. The maximum absolute atomic E-state index is 11.7. The lowest BCUT2D eigenvalue weighted by Crippen LogP contribution is -2.28. The smallest absolute Gasteiger partial charge is 0.328 e. The molecule has 1 saturated heterocycles. The Morgan fingerprint density at radius 2 is 1.37 bits per heavy atom. The van der Waals surface area contributed by atoms with Gasteiger partial charge in [-0.15, -0.1) is 23.5 Å². The topological polar surface area (TPSA) is 61.8 Å². The Balaban J connectivity index is 2.63. The SMILES string of the molecule is CCOC(C)SC1C(=O)OC(=O)C1SC(C)OCC. The second-order valence-electron chi connectivity index (χ2n) is 3.90. The van der Waals surface area contributed by atoms with E-state index in [1.165, 1.54) is 23.5 Å². The Bertz CT molecular complexity index is 293. The van der Waals surface area contributed by atoms with Gasteiger partial charge in [0.15, 0.2) is 0 Å². The second kappa shape index (κ2) is 8.14. The van der Waals surface area contributed by atoms with Gasteiger partial charge in [-0.3, -0.25) is 9.59 Å². The van der Waals surface area contributed by atoms with Gasteiger partial charge in [-0.25, -0.2) is 0 Å². The van der Waals surface area contributed by atoms with E-state index < -0.39 is 22.4 Å². The van der Waals surface area contributed by atoms with E-state index >= 15 is 0 Å². The highest BCUT2D eigenvalue weighted by atomic mass is 32.2. The number of ether oxygens (including phenoxy) is 3. The molecule has 7 heteroatoms. The van der Waals surface area contributed by atoms with Crippen molar-refractivity contribution in [1.29, 1.82) is 0 Å². The van der Waals surface area contributed by atoms with Crippen molar-refractivity contribution in [1.82, 2.24) is 0 Å². The highest BCUT2D eigenvalue weighted by molar-refractivity contribution is 8.05. The van der Waals surface area contributed by atoms with Crippen LogP contribution in [0.25, 0.3) is 0 Å². The van der Waals surface area contributed by atoms with Crippen molar-refractivity contribution in [3.63, 3.8) is 0 Å². The summed E-state index contributed by atoms with van der Waals surface area (Å²) in [6, 6.07) is 0. The predicted molar refractivity (Wildman–Crippen MR) is 76.0 cm³/mol. The molecule has 4 atom stereocenters. The summed E-state index contributed by atoms with van der Waals surface area (Å²) in [5.74, 6) is -0.967. The van der Waals surface area contributed by atoms with Gasteiger partial charge < -0.3 is 14.2 Å². The van der Waals surface area contributed by atoms with Crippen LogP contribution in [-0.4, -0.2) is 46.5 Å². The Labute approximate surface area is 122 Å². The number of carbonyl (C=O) groups is 2. The molecule has 1 aliphatic heterocycles. The zero-order valence-electron chi connectivity index (χ0n) is 11.6. The van der Waals surface area contributed by atoms with Gasteiger partial charge in [0.05, 0.1) is 0 Å². The van der Waals surface area contributed by atoms with Gasteiger partial charge in [0.1, 0.15) is 21.4 Å². The van der Waals surface area contributed by atoms with Crippen LogP contribution in [0.4, 0.5) is 0 Å². The minimum absolute atomic E-state index is 0.154. The third kappa shape index (κ3) is 4.98. The molecule has 1 heterocycles. The first-order chi connectivity index (χ1) is 8.99. The predicted octanol–water partition coefficient (Wildman–Crippen LogP) is 2.04. The van der Waals surface area contributed by atoms with Crippen LogP contribution in [0.3, 0.4) is 0 Å². The van der Waals surface area contributed by atoms with Crippen LogP contribution < -0.4 is 0 Å². The molecule has 1 fully saturated rings. The van der Waals surface area contributed by atoms with Crippen molar-refractivity contribution in [2.45, 2.75) is 49.1 Å². The lowest BCUT2D eigenvalue weighted by molar-refractivity contribution is -0.151.